The van der Waals surface area contributed by atoms with Crippen LogP contribution in [0, 0.1) is 16.0 Å². The molecule has 0 atom stereocenters. The average Bonchev–Trinajstić information content (AvgIpc) is 2.64. The summed E-state index contributed by atoms with van der Waals surface area (Å²) in [6, 6.07) is 8.33. The summed E-state index contributed by atoms with van der Waals surface area (Å²) in [4.78, 5) is 22.6. The number of hydrogen-bond acceptors (Lipinski definition) is 6. The van der Waals surface area contributed by atoms with Gasteiger partial charge in [0.2, 0.25) is 0 Å². The van der Waals surface area contributed by atoms with E-state index in [2.05, 4.69) is 40.4 Å². The maximum Gasteiger partial charge on any atom is 0.271 e. The number of carbonyl (C=O) groups is 1. The van der Waals surface area contributed by atoms with Crippen LogP contribution in [0.5, 0.6) is 11.5 Å². The molecule has 29 heavy (non-hydrogen) atoms. The number of ether oxygens (including phenoxy) is 1. The third kappa shape index (κ3) is 6.68. The monoisotopic (exact) mass is 481 g/mol. The number of aromatic hydroxyl groups is 1. The van der Waals surface area contributed by atoms with Crippen molar-refractivity contribution in [1.29, 1.82) is 0 Å². The molecule has 0 saturated heterocycles. The van der Waals surface area contributed by atoms with Crippen LogP contribution in [-0.2, 0) is 0 Å². The number of nitro benzene ring substituents is 1. The lowest BCUT2D eigenvalue weighted by Gasteiger charge is -2.12. The van der Waals surface area contributed by atoms with Crippen LogP contribution in [-0.4, -0.2) is 27.7 Å². The molecule has 0 aliphatic heterocycles. The van der Waals surface area contributed by atoms with Crippen molar-refractivity contribution < 1.29 is 19.6 Å². The van der Waals surface area contributed by atoms with Gasteiger partial charge < -0.3 is 15.2 Å². The van der Waals surface area contributed by atoms with E-state index in [0.29, 0.717) is 28.3 Å². The number of nitro groups is 1. The van der Waals surface area contributed by atoms with Crippen molar-refractivity contribution in [2.45, 2.75) is 20.3 Å². The largest absolute Gasteiger partial charge is 0.506 e. The molecule has 0 spiro atoms. The number of carbonyl (C=O) groups excluding carboxylic acids is 1. The molecule has 1 amide bonds. The molecule has 0 aromatic heterocycles. The third-order valence-corrected chi connectivity index (χ3v) is 4.64. The second kappa shape index (κ2) is 10.2. The topological polar surface area (TPSA) is 114 Å². The minimum absolute atomic E-state index is 0.0135. The van der Waals surface area contributed by atoms with E-state index in [9.17, 15) is 20.0 Å². The first kappa shape index (κ1) is 22.6. The number of hydrogen-bond donors (Lipinski definition) is 3. The highest BCUT2D eigenvalue weighted by molar-refractivity contribution is 9.10. The van der Waals surface area contributed by atoms with Crippen LogP contribution in [0.2, 0.25) is 0 Å². The standard InChI is InChI=1S/C19H20BrN3O5S/c1-11(2)7-8-28-17-6-3-12(9-14(17)20)18(25)22-19(29)21-15-10-13(23(26)27)4-5-16(15)24/h3-6,9-11,24H,7-8H2,1-2H3,(H2,21,22,25,29). The SMILES string of the molecule is CC(C)CCOc1ccc(C(=O)NC(=S)Nc2cc([N+](=O)[O-])ccc2O)cc1Br. The van der Waals surface area contributed by atoms with Gasteiger partial charge in [0.25, 0.3) is 11.6 Å². The quantitative estimate of drug-likeness (QED) is 0.229. The Balaban J connectivity index is 2.01. The Labute approximate surface area is 181 Å². The zero-order valence-electron chi connectivity index (χ0n) is 15.8. The summed E-state index contributed by atoms with van der Waals surface area (Å²) in [5.41, 5.74) is 0.122. The molecule has 0 aliphatic rings. The first-order valence-electron chi connectivity index (χ1n) is 8.69. The second-order valence-corrected chi connectivity index (χ2v) is 7.81. The molecule has 0 bridgehead atoms. The lowest BCUT2D eigenvalue weighted by Crippen LogP contribution is -2.34. The summed E-state index contributed by atoms with van der Waals surface area (Å²) in [5, 5.41) is 25.6. The second-order valence-electron chi connectivity index (χ2n) is 6.54. The minimum atomic E-state index is -0.603. The van der Waals surface area contributed by atoms with Gasteiger partial charge in [-0.15, -0.1) is 0 Å². The minimum Gasteiger partial charge on any atom is -0.506 e. The number of thiocarbonyl (C=S) groups is 1. The Bertz CT molecular complexity index is 936. The summed E-state index contributed by atoms with van der Waals surface area (Å²) in [5.74, 6) is 0.432. The van der Waals surface area contributed by atoms with Crippen LogP contribution in [0.3, 0.4) is 0 Å². The number of amides is 1. The zero-order valence-corrected chi connectivity index (χ0v) is 18.2. The van der Waals surface area contributed by atoms with E-state index in [0.717, 1.165) is 18.6 Å². The molecule has 2 aromatic rings. The Hall–Kier alpha value is -2.72. The number of rotatable bonds is 7. The summed E-state index contributed by atoms with van der Waals surface area (Å²) in [6.07, 6.45) is 0.916. The van der Waals surface area contributed by atoms with Crippen LogP contribution < -0.4 is 15.4 Å². The van der Waals surface area contributed by atoms with Crippen LogP contribution in [0.25, 0.3) is 0 Å². The molecule has 0 unspecified atom stereocenters. The van der Waals surface area contributed by atoms with Crippen molar-refractivity contribution in [3.8, 4) is 11.5 Å². The van der Waals surface area contributed by atoms with E-state index in [-0.39, 0.29) is 22.2 Å². The number of phenols is 1. The normalized spacial score (nSPS) is 10.5. The highest BCUT2D eigenvalue weighted by atomic mass is 79.9. The van der Waals surface area contributed by atoms with Gasteiger partial charge in [-0.1, -0.05) is 13.8 Å². The smallest absolute Gasteiger partial charge is 0.271 e. The third-order valence-electron chi connectivity index (χ3n) is 3.81. The number of phenolic OH excluding ortho intramolecular Hbond substituents is 1. The predicted molar refractivity (Wildman–Crippen MR) is 118 cm³/mol. The van der Waals surface area contributed by atoms with Crippen molar-refractivity contribution in [3.05, 3.63) is 56.5 Å². The summed E-state index contributed by atoms with van der Waals surface area (Å²) >= 11 is 8.44. The van der Waals surface area contributed by atoms with Gasteiger partial charge in [0.15, 0.2) is 5.11 Å². The van der Waals surface area contributed by atoms with Gasteiger partial charge in [-0.2, -0.15) is 0 Å². The van der Waals surface area contributed by atoms with Crippen LogP contribution >= 0.6 is 28.1 Å². The van der Waals surface area contributed by atoms with Crippen molar-refractivity contribution in [3.63, 3.8) is 0 Å². The molecule has 0 fully saturated rings. The average molecular weight is 482 g/mol. The Morgan fingerprint density at radius 1 is 1.31 bits per heavy atom. The molecule has 2 aromatic carbocycles. The molecule has 0 heterocycles. The van der Waals surface area contributed by atoms with Gasteiger partial charge in [0.1, 0.15) is 11.5 Å². The zero-order chi connectivity index (χ0) is 21.6. The predicted octanol–water partition coefficient (Wildman–Crippen LogP) is 4.61. The van der Waals surface area contributed by atoms with Gasteiger partial charge >= 0.3 is 0 Å². The maximum absolute atomic E-state index is 12.4. The molecule has 0 saturated carbocycles. The maximum atomic E-state index is 12.4. The van der Waals surface area contributed by atoms with Gasteiger partial charge in [0.05, 0.1) is 21.7 Å². The van der Waals surface area contributed by atoms with Gasteiger partial charge in [-0.3, -0.25) is 20.2 Å². The number of non-ortho nitro benzene ring substituents is 1. The van der Waals surface area contributed by atoms with Gasteiger partial charge in [-0.05, 0) is 64.8 Å². The summed E-state index contributed by atoms with van der Waals surface area (Å²) in [7, 11) is 0. The fraction of sp³-hybridized carbons (Fsp3) is 0.263. The fourth-order valence-corrected chi connectivity index (χ4v) is 2.93. The molecule has 8 nitrogen and oxygen atoms in total. The lowest BCUT2D eigenvalue weighted by atomic mass is 10.1. The van der Waals surface area contributed by atoms with Crippen molar-refractivity contribution in [2.24, 2.45) is 5.92 Å². The van der Waals surface area contributed by atoms with E-state index in [1.165, 1.54) is 6.07 Å². The van der Waals surface area contributed by atoms with E-state index < -0.39 is 10.8 Å². The molecule has 3 N–H and O–H groups in total. The van der Waals surface area contributed by atoms with Crippen LogP contribution in [0.15, 0.2) is 40.9 Å². The van der Waals surface area contributed by atoms with E-state index in [1.807, 2.05) is 0 Å². The molecule has 154 valence electrons. The Morgan fingerprint density at radius 3 is 2.66 bits per heavy atom. The molecular formula is C19H20BrN3O5S. The van der Waals surface area contributed by atoms with E-state index >= 15 is 0 Å². The summed E-state index contributed by atoms with van der Waals surface area (Å²) < 4.78 is 6.32. The number of nitrogens with zero attached hydrogens (tertiary/aromatic N) is 1. The highest BCUT2D eigenvalue weighted by Gasteiger charge is 2.14. The molecule has 0 radical (unpaired) electrons. The van der Waals surface area contributed by atoms with E-state index in [1.54, 1.807) is 18.2 Å². The van der Waals surface area contributed by atoms with E-state index in [4.69, 9.17) is 17.0 Å². The van der Waals surface area contributed by atoms with Crippen LogP contribution in [0.1, 0.15) is 30.6 Å². The Morgan fingerprint density at radius 2 is 2.03 bits per heavy atom. The van der Waals surface area contributed by atoms with Crippen molar-refractivity contribution in [1.82, 2.24) is 5.32 Å². The lowest BCUT2D eigenvalue weighted by molar-refractivity contribution is -0.384. The van der Waals surface area contributed by atoms with Gasteiger partial charge in [0, 0.05) is 17.7 Å². The highest BCUT2D eigenvalue weighted by Crippen LogP contribution is 2.28. The molecule has 10 heteroatoms. The number of anilines is 1. The first-order valence-corrected chi connectivity index (χ1v) is 9.89. The fourth-order valence-electron chi connectivity index (χ4n) is 2.23. The first-order chi connectivity index (χ1) is 13.7. The molecule has 0 aliphatic carbocycles. The Kier molecular flexibility index (Phi) is 7.91. The number of benzene rings is 2. The molecular weight excluding hydrogens is 462 g/mol. The summed E-state index contributed by atoms with van der Waals surface area (Å²) in [6.45, 7) is 4.79. The molecule has 2 rings (SSSR count). The van der Waals surface area contributed by atoms with Crippen molar-refractivity contribution in [2.75, 3.05) is 11.9 Å². The van der Waals surface area contributed by atoms with Crippen molar-refractivity contribution >= 4 is 50.5 Å². The number of halogens is 1. The van der Waals surface area contributed by atoms with Gasteiger partial charge in [-0.25, -0.2) is 0 Å². The number of nitrogens with one attached hydrogen (secondary N) is 2. The van der Waals surface area contributed by atoms with Crippen LogP contribution in [0.4, 0.5) is 11.4 Å².